The largest absolute Gasteiger partial charge is 0.494 e. The van der Waals surface area contributed by atoms with Gasteiger partial charge in [0.15, 0.2) is 0 Å². The number of aliphatic hydroxyl groups excluding tert-OH is 1. The van der Waals surface area contributed by atoms with E-state index in [9.17, 15) is 5.11 Å². The van der Waals surface area contributed by atoms with Gasteiger partial charge in [-0.2, -0.15) is 0 Å². The molecule has 0 radical (unpaired) electrons. The van der Waals surface area contributed by atoms with Crippen molar-refractivity contribution in [2.75, 3.05) is 20.0 Å². The lowest BCUT2D eigenvalue weighted by Crippen LogP contribution is -2.06. The predicted octanol–water partition coefficient (Wildman–Crippen LogP) is 1.21. The van der Waals surface area contributed by atoms with Gasteiger partial charge in [0.05, 0.1) is 20.3 Å². The average molecular weight is 211 g/mol. The molecule has 1 aromatic rings. The highest BCUT2D eigenvalue weighted by Gasteiger charge is 2.10. The van der Waals surface area contributed by atoms with Crippen LogP contribution >= 0.6 is 0 Å². The summed E-state index contributed by atoms with van der Waals surface area (Å²) in [5.74, 6) is 1.15. The van der Waals surface area contributed by atoms with E-state index >= 15 is 0 Å². The molecule has 1 atom stereocenters. The molecule has 0 bridgehead atoms. The topological polar surface area (TPSA) is 64.7 Å². The van der Waals surface area contributed by atoms with Gasteiger partial charge in [0, 0.05) is 0 Å². The summed E-state index contributed by atoms with van der Waals surface area (Å²) in [4.78, 5) is 0. The van der Waals surface area contributed by atoms with Crippen LogP contribution in [0.3, 0.4) is 0 Å². The molecule has 1 unspecified atom stereocenters. The van der Waals surface area contributed by atoms with E-state index in [1.807, 2.05) is 12.1 Å². The number of methoxy groups -OCH3 is 2. The molecular weight excluding hydrogens is 194 g/mol. The second kappa shape index (κ2) is 4.89. The Bertz CT molecular complexity index is 312. The van der Waals surface area contributed by atoms with Crippen LogP contribution in [0.15, 0.2) is 12.1 Å². The van der Waals surface area contributed by atoms with Crippen molar-refractivity contribution in [3.8, 4) is 11.5 Å². The standard InChI is InChI=1S/C11H17NO3/c1-7(13)4-8-5-9(14-2)11(12)10(6-8)15-3/h5-7,13H,4,12H2,1-3H3. The molecule has 1 rings (SSSR count). The summed E-state index contributed by atoms with van der Waals surface area (Å²) < 4.78 is 10.2. The van der Waals surface area contributed by atoms with Crippen LogP contribution in [0.1, 0.15) is 12.5 Å². The first-order chi connectivity index (χ1) is 7.08. The second-order valence-electron chi connectivity index (χ2n) is 3.47. The molecule has 0 aliphatic carbocycles. The Kier molecular flexibility index (Phi) is 3.80. The van der Waals surface area contributed by atoms with Gasteiger partial charge in [-0.15, -0.1) is 0 Å². The summed E-state index contributed by atoms with van der Waals surface area (Å²) in [5.41, 5.74) is 7.21. The van der Waals surface area contributed by atoms with E-state index in [1.165, 1.54) is 0 Å². The summed E-state index contributed by atoms with van der Waals surface area (Å²) in [5, 5.41) is 9.29. The van der Waals surface area contributed by atoms with Crippen molar-refractivity contribution in [3.63, 3.8) is 0 Å². The summed E-state index contributed by atoms with van der Waals surface area (Å²) in [6, 6.07) is 3.62. The number of nitrogens with two attached hydrogens (primary N) is 1. The molecule has 0 aromatic heterocycles. The Morgan fingerprint density at radius 2 is 1.73 bits per heavy atom. The van der Waals surface area contributed by atoms with Crippen molar-refractivity contribution in [3.05, 3.63) is 17.7 Å². The molecule has 4 nitrogen and oxygen atoms in total. The fraction of sp³-hybridized carbons (Fsp3) is 0.455. The molecule has 0 aliphatic rings. The molecule has 3 N–H and O–H groups in total. The van der Waals surface area contributed by atoms with Gasteiger partial charge in [-0.25, -0.2) is 0 Å². The number of hydrogen-bond acceptors (Lipinski definition) is 4. The fourth-order valence-electron chi connectivity index (χ4n) is 1.45. The van der Waals surface area contributed by atoms with E-state index in [1.54, 1.807) is 21.1 Å². The third-order valence-electron chi connectivity index (χ3n) is 2.13. The lowest BCUT2D eigenvalue weighted by molar-refractivity contribution is 0.195. The van der Waals surface area contributed by atoms with Crippen LogP contribution in [-0.2, 0) is 6.42 Å². The van der Waals surface area contributed by atoms with E-state index in [2.05, 4.69) is 0 Å². The summed E-state index contributed by atoms with van der Waals surface area (Å²) in [6.07, 6.45) is 0.149. The quantitative estimate of drug-likeness (QED) is 0.735. The number of anilines is 1. The van der Waals surface area contributed by atoms with Crippen molar-refractivity contribution in [2.45, 2.75) is 19.4 Å². The zero-order chi connectivity index (χ0) is 11.4. The SMILES string of the molecule is COc1cc(CC(C)O)cc(OC)c1N. The van der Waals surface area contributed by atoms with Gasteiger partial charge in [0.2, 0.25) is 0 Å². The maximum atomic E-state index is 9.29. The Balaban J connectivity index is 3.09. The average Bonchev–Trinajstić information content (AvgIpc) is 2.19. The van der Waals surface area contributed by atoms with Gasteiger partial charge >= 0.3 is 0 Å². The minimum Gasteiger partial charge on any atom is -0.494 e. The van der Waals surface area contributed by atoms with Crippen LogP contribution < -0.4 is 15.2 Å². The maximum absolute atomic E-state index is 9.29. The molecule has 4 heteroatoms. The van der Waals surface area contributed by atoms with Gasteiger partial charge in [0.1, 0.15) is 17.2 Å². The summed E-state index contributed by atoms with van der Waals surface area (Å²) in [7, 11) is 3.11. The second-order valence-corrected chi connectivity index (χ2v) is 3.47. The Morgan fingerprint density at radius 3 is 2.07 bits per heavy atom. The minimum absolute atomic E-state index is 0.400. The lowest BCUT2D eigenvalue weighted by Gasteiger charge is -2.13. The molecule has 1 aromatic carbocycles. The third kappa shape index (κ3) is 2.76. The molecular formula is C11H17NO3. The first-order valence-corrected chi connectivity index (χ1v) is 4.77. The number of benzene rings is 1. The van der Waals surface area contributed by atoms with Gasteiger partial charge in [-0.05, 0) is 31.0 Å². The number of nitrogen functional groups attached to an aromatic ring is 1. The van der Waals surface area contributed by atoms with E-state index in [0.29, 0.717) is 23.6 Å². The molecule has 84 valence electrons. The van der Waals surface area contributed by atoms with Crippen molar-refractivity contribution < 1.29 is 14.6 Å². The first kappa shape index (κ1) is 11.7. The van der Waals surface area contributed by atoms with Crippen molar-refractivity contribution in [2.24, 2.45) is 0 Å². The lowest BCUT2D eigenvalue weighted by atomic mass is 10.1. The highest BCUT2D eigenvalue weighted by atomic mass is 16.5. The fourth-order valence-corrected chi connectivity index (χ4v) is 1.45. The van der Waals surface area contributed by atoms with E-state index < -0.39 is 6.10 Å². The van der Waals surface area contributed by atoms with Gasteiger partial charge < -0.3 is 20.3 Å². The zero-order valence-electron chi connectivity index (χ0n) is 9.28. The van der Waals surface area contributed by atoms with E-state index in [4.69, 9.17) is 15.2 Å². The van der Waals surface area contributed by atoms with Crippen molar-refractivity contribution in [1.29, 1.82) is 0 Å². The van der Waals surface area contributed by atoms with Crippen LogP contribution in [0.25, 0.3) is 0 Å². The first-order valence-electron chi connectivity index (χ1n) is 4.77. The van der Waals surface area contributed by atoms with Crippen LogP contribution in [0.4, 0.5) is 5.69 Å². The zero-order valence-corrected chi connectivity index (χ0v) is 9.28. The molecule has 0 spiro atoms. The van der Waals surface area contributed by atoms with Gasteiger partial charge in [0.25, 0.3) is 0 Å². The molecule has 0 fully saturated rings. The highest BCUT2D eigenvalue weighted by molar-refractivity contribution is 5.64. The van der Waals surface area contributed by atoms with Crippen LogP contribution in [0.5, 0.6) is 11.5 Å². The van der Waals surface area contributed by atoms with Crippen LogP contribution in [0.2, 0.25) is 0 Å². The third-order valence-corrected chi connectivity index (χ3v) is 2.13. The summed E-state index contributed by atoms with van der Waals surface area (Å²) >= 11 is 0. The molecule has 0 amide bonds. The number of rotatable bonds is 4. The minimum atomic E-state index is -0.400. The Hall–Kier alpha value is -1.42. The highest BCUT2D eigenvalue weighted by Crippen LogP contribution is 2.33. The van der Waals surface area contributed by atoms with Crippen molar-refractivity contribution >= 4 is 5.69 Å². The molecule has 15 heavy (non-hydrogen) atoms. The predicted molar refractivity (Wildman–Crippen MR) is 59.3 cm³/mol. The monoisotopic (exact) mass is 211 g/mol. The Morgan fingerprint density at radius 1 is 1.27 bits per heavy atom. The molecule has 0 aliphatic heterocycles. The number of aliphatic hydroxyl groups is 1. The normalized spacial score (nSPS) is 12.3. The van der Waals surface area contributed by atoms with Crippen molar-refractivity contribution in [1.82, 2.24) is 0 Å². The number of ether oxygens (including phenoxy) is 2. The van der Waals surface area contributed by atoms with E-state index in [0.717, 1.165) is 5.56 Å². The summed E-state index contributed by atoms with van der Waals surface area (Å²) in [6.45, 7) is 1.73. The number of hydrogen-bond donors (Lipinski definition) is 2. The molecule has 0 saturated heterocycles. The molecule has 0 saturated carbocycles. The Labute approximate surface area is 89.6 Å². The van der Waals surface area contributed by atoms with E-state index in [-0.39, 0.29) is 0 Å². The van der Waals surface area contributed by atoms with Gasteiger partial charge in [-0.1, -0.05) is 0 Å². The molecule has 0 heterocycles. The van der Waals surface area contributed by atoms with Gasteiger partial charge in [-0.3, -0.25) is 0 Å². The maximum Gasteiger partial charge on any atom is 0.145 e. The van der Waals surface area contributed by atoms with Crippen LogP contribution in [-0.4, -0.2) is 25.4 Å². The van der Waals surface area contributed by atoms with Crippen LogP contribution in [0, 0.1) is 0 Å². The smallest absolute Gasteiger partial charge is 0.145 e.